The third-order valence-corrected chi connectivity index (χ3v) is 8.86. The van der Waals surface area contributed by atoms with E-state index < -0.39 is 6.09 Å². The van der Waals surface area contributed by atoms with Crippen LogP contribution in [0.5, 0.6) is 11.5 Å². The number of alkyl carbamates (subject to hydrolysis) is 1. The molecule has 45 heavy (non-hydrogen) atoms. The number of aliphatic hydroxyl groups excluding tert-OH is 1. The number of nitrogens with one attached hydrogen (secondary N) is 1. The molecule has 1 unspecified atom stereocenters. The molecule has 0 saturated carbocycles. The van der Waals surface area contributed by atoms with Gasteiger partial charge in [0.1, 0.15) is 6.61 Å². The van der Waals surface area contributed by atoms with Gasteiger partial charge in [-0.1, -0.05) is 42.5 Å². The van der Waals surface area contributed by atoms with Gasteiger partial charge in [-0.25, -0.2) is 4.79 Å². The molecule has 0 spiro atoms. The number of anilines is 1. The molecule has 2 heterocycles. The van der Waals surface area contributed by atoms with Crippen molar-refractivity contribution in [3.8, 4) is 33.8 Å². The quantitative estimate of drug-likeness (QED) is 0.214. The number of nitrogens with zero attached hydrogens (tertiary/aromatic N) is 2. The van der Waals surface area contributed by atoms with Gasteiger partial charge in [0.15, 0.2) is 11.5 Å². The molecule has 2 amide bonds. The Morgan fingerprint density at radius 3 is 2.62 bits per heavy atom. The highest BCUT2D eigenvalue weighted by Crippen LogP contribution is 2.47. The highest BCUT2D eigenvalue weighted by molar-refractivity contribution is 6.15. The number of phenolic OH excluding ortho intramolecular Hbond substituents is 1. The predicted molar refractivity (Wildman–Crippen MR) is 172 cm³/mol. The van der Waals surface area contributed by atoms with Gasteiger partial charge in [-0.15, -0.1) is 0 Å². The lowest BCUT2D eigenvalue weighted by atomic mass is 9.94. The number of methoxy groups -OCH3 is 1. The maximum absolute atomic E-state index is 13.7. The van der Waals surface area contributed by atoms with Crippen LogP contribution < -0.4 is 15.0 Å². The number of ether oxygens (including phenoxy) is 2. The molecule has 3 N–H and O–H groups in total. The zero-order valence-electron chi connectivity index (χ0n) is 24.8. The Balaban J connectivity index is 1.15. The second-order valence-corrected chi connectivity index (χ2v) is 11.5. The van der Waals surface area contributed by atoms with Crippen LogP contribution in [0.25, 0.3) is 22.3 Å². The summed E-state index contributed by atoms with van der Waals surface area (Å²) < 4.78 is 10.9. The number of benzene rings is 4. The lowest BCUT2D eigenvalue weighted by Crippen LogP contribution is -2.37. The Labute approximate surface area is 260 Å². The first kappa shape index (κ1) is 28.6. The molecule has 2 atom stereocenters. The number of carbonyl (C=O) groups excluding carboxylic acids is 2. The summed E-state index contributed by atoms with van der Waals surface area (Å²) in [5, 5.41) is 21.9. The van der Waals surface area contributed by atoms with Gasteiger partial charge in [-0.2, -0.15) is 0 Å². The molecule has 4 aromatic carbocycles. The Hall–Kier alpha value is -5.15. The standard InChI is InChI=1S/C36H33N3O6/c1-44-34-17-29-31(18-33(34)41)38-19-24-15-23-14-21(9-11-32(23)39(24)35(29)42)22-8-10-27-28(16-22)25-6-2-3-7-26(25)30(27)20-45-36(43)37-12-4-5-13-40/h2-3,6-11,14,16-19,24,30,40-41H,4-5,12-13,15,20H2,1H3,(H,37,43)/t24-,30?/m0/s1. The Bertz CT molecular complexity index is 1850. The van der Waals surface area contributed by atoms with Crippen LogP contribution in [0.15, 0.2) is 77.8 Å². The van der Waals surface area contributed by atoms with Crippen molar-refractivity contribution in [1.29, 1.82) is 0 Å². The van der Waals surface area contributed by atoms with Crippen LogP contribution in [0.4, 0.5) is 16.2 Å². The van der Waals surface area contributed by atoms with E-state index in [0.29, 0.717) is 37.1 Å². The maximum atomic E-state index is 13.7. The number of phenols is 1. The van der Waals surface area contributed by atoms with Crippen LogP contribution in [0.2, 0.25) is 0 Å². The minimum atomic E-state index is -0.454. The van der Waals surface area contributed by atoms with Crippen molar-refractivity contribution >= 4 is 29.6 Å². The van der Waals surface area contributed by atoms with E-state index in [4.69, 9.17) is 14.6 Å². The van der Waals surface area contributed by atoms with E-state index in [9.17, 15) is 14.7 Å². The molecule has 0 fully saturated rings. The topological polar surface area (TPSA) is 121 Å². The number of hydrogen-bond acceptors (Lipinski definition) is 7. The number of unbranched alkanes of at least 4 members (excludes halogenated alkanes) is 1. The molecule has 0 saturated heterocycles. The number of hydrogen-bond donors (Lipinski definition) is 3. The highest BCUT2D eigenvalue weighted by Gasteiger charge is 2.37. The molecule has 0 bridgehead atoms. The molecule has 3 aliphatic rings. The van der Waals surface area contributed by atoms with Gasteiger partial charge in [-0.3, -0.25) is 14.7 Å². The second kappa shape index (κ2) is 11.7. The van der Waals surface area contributed by atoms with Gasteiger partial charge in [0.25, 0.3) is 5.91 Å². The van der Waals surface area contributed by atoms with Gasteiger partial charge >= 0.3 is 6.09 Å². The summed E-state index contributed by atoms with van der Waals surface area (Å²) in [6.45, 7) is 0.800. The molecular formula is C36H33N3O6. The molecule has 2 aliphatic heterocycles. The van der Waals surface area contributed by atoms with E-state index in [0.717, 1.165) is 44.6 Å². The van der Waals surface area contributed by atoms with Crippen molar-refractivity contribution in [3.63, 3.8) is 0 Å². The average molecular weight is 604 g/mol. The normalized spacial score (nSPS) is 17.1. The Kier molecular flexibility index (Phi) is 7.47. The summed E-state index contributed by atoms with van der Waals surface area (Å²) in [5.41, 5.74) is 9.30. The van der Waals surface area contributed by atoms with Crippen LogP contribution in [0, 0.1) is 0 Å². The van der Waals surface area contributed by atoms with Crippen molar-refractivity contribution < 1.29 is 29.3 Å². The molecule has 9 nitrogen and oxygen atoms in total. The van der Waals surface area contributed by atoms with Crippen LogP contribution in [0.3, 0.4) is 0 Å². The lowest BCUT2D eigenvalue weighted by molar-refractivity contribution is 0.0986. The van der Waals surface area contributed by atoms with Crippen molar-refractivity contribution in [2.75, 3.05) is 31.8 Å². The zero-order valence-corrected chi connectivity index (χ0v) is 24.8. The Morgan fingerprint density at radius 1 is 0.978 bits per heavy atom. The van der Waals surface area contributed by atoms with Crippen molar-refractivity contribution in [2.24, 2.45) is 4.99 Å². The van der Waals surface area contributed by atoms with Crippen LogP contribution in [-0.4, -0.2) is 61.3 Å². The zero-order chi connectivity index (χ0) is 31.1. The third-order valence-electron chi connectivity index (χ3n) is 8.86. The largest absolute Gasteiger partial charge is 0.504 e. The summed E-state index contributed by atoms with van der Waals surface area (Å²) in [7, 11) is 1.45. The number of aliphatic imine (C=N–C) groups is 1. The monoisotopic (exact) mass is 603 g/mol. The smallest absolute Gasteiger partial charge is 0.407 e. The summed E-state index contributed by atoms with van der Waals surface area (Å²) in [5.74, 6) is -0.0736. The first-order valence-corrected chi connectivity index (χ1v) is 15.1. The van der Waals surface area contributed by atoms with Gasteiger partial charge in [-0.05, 0) is 76.1 Å². The summed E-state index contributed by atoms with van der Waals surface area (Å²) >= 11 is 0. The first-order valence-electron chi connectivity index (χ1n) is 15.1. The molecule has 0 radical (unpaired) electrons. The number of amides is 2. The molecule has 228 valence electrons. The lowest BCUT2D eigenvalue weighted by Gasteiger charge is -2.22. The minimum absolute atomic E-state index is 0.0556. The van der Waals surface area contributed by atoms with Gasteiger partial charge in [0.2, 0.25) is 0 Å². The summed E-state index contributed by atoms with van der Waals surface area (Å²) in [4.78, 5) is 32.4. The van der Waals surface area contributed by atoms with Gasteiger partial charge < -0.3 is 25.0 Å². The predicted octanol–water partition coefficient (Wildman–Crippen LogP) is 5.97. The molecule has 7 rings (SSSR count). The van der Waals surface area contributed by atoms with E-state index >= 15 is 0 Å². The number of carbonyl (C=O) groups is 2. The second-order valence-electron chi connectivity index (χ2n) is 11.5. The fourth-order valence-corrected chi connectivity index (χ4v) is 6.64. The average Bonchev–Trinajstić information content (AvgIpc) is 3.54. The molecular weight excluding hydrogens is 570 g/mol. The molecule has 9 heteroatoms. The van der Waals surface area contributed by atoms with Crippen molar-refractivity contribution in [3.05, 3.63) is 95.1 Å². The number of fused-ring (bicyclic) bond motifs is 7. The van der Waals surface area contributed by atoms with Crippen molar-refractivity contribution in [1.82, 2.24) is 5.32 Å². The van der Waals surface area contributed by atoms with E-state index in [2.05, 4.69) is 46.7 Å². The van der Waals surface area contributed by atoms with Crippen molar-refractivity contribution in [2.45, 2.75) is 31.2 Å². The Morgan fingerprint density at radius 2 is 1.78 bits per heavy atom. The maximum Gasteiger partial charge on any atom is 0.407 e. The van der Waals surface area contributed by atoms with E-state index in [-0.39, 0.29) is 42.6 Å². The van der Waals surface area contributed by atoms with Crippen LogP contribution in [0.1, 0.15) is 45.8 Å². The third kappa shape index (κ3) is 5.09. The summed E-state index contributed by atoms with van der Waals surface area (Å²) in [6, 6.07) is 23.6. The molecule has 1 aliphatic carbocycles. The number of rotatable bonds is 8. The number of aromatic hydroxyl groups is 1. The summed E-state index contributed by atoms with van der Waals surface area (Å²) in [6.07, 6.45) is 3.29. The van der Waals surface area contributed by atoms with E-state index in [1.54, 1.807) is 17.2 Å². The fourth-order valence-electron chi connectivity index (χ4n) is 6.64. The van der Waals surface area contributed by atoms with Crippen LogP contribution in [-0.2, 0) is 11.2 Å². The molecule has 0 aromatic heterocycles. The van der Waals surface area contributed by atoms with E-state index in [1.165, 1.54) is 13.2 Å². The van der Waals surface area contributed by atoms with Gasteiger partial charge in [0.05, 0.1) is 24.4 Å². The minimum Gasteiger partial charge on any atom is -0.504 e. The molecule has 4 aromatic rings. The fraction of sp³-hybridized carbons (Fsp3) is 0.250. The van der Waals surface area contributed by atoms with Crippen LogP contribution >= 0.6 is 0 Å². The SMILES string of the molecule is COc1cc2c(cc1O)N=C[C@@H]1Cc3cc(-c4ccc5c(c4)-c4ccccc4C5COC(=O)NCCCCO)ccc3N1C2=O. The highest BCUT2D eigenvalue weighted by atomic mass is 16.5. The number of aliphatic hydroxyl groups is 1. The van der Waals surface area contributed by atoms with Gasteiger partial charge in [0, 0.05) is 43.5 Å². The van der Waals surface area contributed by atoms with E-state index in [1.807, 2.05) is 24.3 Å². The first-order chi connectivity index (χ1) is 22.0.